The van der Waals surface area contributed by atoms with Crippen molar-refractivity contribution in [3.05, 3.63) is 33.8 Å². The molecule has 118 valence electrons. The van der Waals surface area contributed by atoms with Crippen molar-refractivity contribution >= 4 is 23.2 Å². The lowest BCUT2D eigenvalue weighted by molar-refractivity contribution is 0.0302. The average Bonchev–Trinajstić information content (AvgIpc) is 2.52. The molecule has 0 amide bonds. The molecular formula is C16H24Cl2N2O. The smallest absolute Gasteiger partial charge is 0.0698 e. The van der Waals surface area contributed by atoms with E-state index in [1.807, 2.05) is 25.2 Å². The number of methoxy groups -OCH3 is 1. The van der Waals surface area contributed by atoms with Crippen LogP contribution in [0.15, 0.2) is 18.2 Å². The van der Waals surface area contributed by atoms with Crippen molar-refractivity contribution in [2.24, 2.45) is 0 Å². The van der Waals surface area contributed by atoms with E-state index >= 15 is 0 Å². The Morgan fingerprint density at radius 2 is 2.24 bits per heavy atom. The zero-order valence-electron chi connectivity index (χ0n) is 12.7. The molecule has 0 aromatic heterocycles. The third kappa shape index (κ3) is 4.57. The molecule has 1 heterocycles. The Kier molecular flexibility index (Phi) is 6.77. The van der Waals surface area contributed by atoms with Crippen LogP contribution in [0.4, 0.5) is 0 Å². The van der Waals surface area contributed by atoms with E-state index in [-0.39, 0.29) is 6.04 Å². The summed E-state index contributed by atoms with van der Waals surface area (Å²) in [6, 6.07) is 6.05. The summed E-state index contributed by atoms with van der Waals surface area (Å²) in [5, 5.41) is 4.63. The molecule has 1 aromatic carbocycles. The summed E-state index contributed by atoms with van der Waals surface area (Å²) in [7, 11) is 3.77. The van der Waals surface area contributed by atoms with Gasteiger partial charge in [-0.25, -0.2) is 0 Å². The molecule has 5 heteroatoms. The van der Waals surface area contributed by atoms with Crippen molar-refractivity contribution in [2.75, 3.05) is 33.8 Å². The third-order valence-electron chi connectivity index (χ3n) is 4.23. The third-order valence-corrected chi connectivity index (χ3v) is 5.07. The minimum Gasteiger partial charge on any atom is -0.380 e. The van der Waals surface area contributed by atoms with E-state index in [2.05, 4.69) is 10.2 Å². The summed E-state index contributed by atoms with van der Waals surface area (Å²) in [6.45, 7) is 3.21. The first kappa shape index (κ1) is 17.0. The van der Waals surface area contributed by atoms with Gasteiger partial charge in [0.25, 0.3) is 0 Å². The molecule has 0 bridgehead atoms. The fraction of sp³-hybridized carbons (Fsp3) is 0.625. The first-order chi connectivity index (χ1) is 10.2. The van der Waals surface area contributed by atoms with Gasteiger partial charge in [0, 0.05) is 26.2 Å². The molecule has 1 aliphatic rings. The highest BCUT2D eigenvalue weighted by Crippen LogP contribution is 2.31. The topological polar surface area (TPSA) is 24.5 Å². The summed E-state index contributed by atoms with van der Waals surface area (Å²) in [4.78, 5) is 2.47. The standard InChI is InChI=1S/C16H24Cl2N2O/c1-19-15(13-6-3-7-14(17)16(13)18)8-10-20-9-4-5-12(11-20)21-2/h3,6-7,12,15,19H,4-5,8-11H2,1-2H3. The normalized spacial score (nSPS) is 21.4. The SMILES string of the molecule is CNC(CCN1CCCC(OC)C1)c1cccc(Cl)c1Cl. The Morgan fingerprint density at radius 3 is 2.95 bits per heavy atom. The Labute approximate surface area is 137 Å². The van der Waals surface area contributed by atoms with Crippen LogP contribution < -0.4 is 5.32 Å². The molecule has 0 aliphatic carbocycles. The largest absolute Gasteiger partial charge is 0.380 e. The molecule has 2 unspecified atom stereocenters. The average molecular weight is 331 g/mol. The second-order valence-corrected chi connectivity index (χ2v) is 6.36. The number of hydrogen-bond acceptors (Lipinski definition) is 3. The first-order valence-electron chi connectivity index (χ1n) is 7.52. The summed E-state index contributed by atoms with van der Waals surface area (Å²) in [5.41, 5.74) is 1.08. The van der Waals surface area contributed by atoms with Crippen LogP contribution in [0.2, 0.25) is 10.0 Å². The minimum atomic E-state index is 0.221. The zero-order chi connectivity index (χ0) is 15.2. The quantitative estimate of drug-likeness (QED) is 0.859. The van der Waals surface area contributed by atoms with Crippen molar-refractivity contribution in [3.63, 3.8) is 0 Å². The van der Waals surface area contributed by atoms with Crippen molar-refractivity contribution in [1.29, 1.82) is 0 Å². The lowest BCUT2D eigenvalue weighted by atomic mass is 10.0. The van der Waals surface area contributed by atoms with Crippen molar-refractivity contribution in [3.8, 4) is 0 Å². The van der Waals surface area contributed by atoms with Gasteiger partial charge in [-0.3, -0.25) is 0 Å². The predicted molar refractivity (Wildman–Crippen MR) is 89.4 cm³/mol. The summed E-state index contributed by atoms with van der Waals surface area (Å²) in [5.74, 6) is 0. The van der Waals surface area contributed by atoms with Gasteiger partial charge in [-0.15, -0.1) is 0 Å². The van der Waals surface area contributed by atoms with Gasteiger partial charge in [0.2, 0.25) is 0 Å². The van der Waals surface area contributed by atoms with Gasteiger partial charge < -0.3 is 15.0 Å². The maximum Gasteiger partial charge on any atom is 0.0698 e. The van der Waals surface area contributed by atoms with E-state index in [0.717, 1.165) is 31.6 Å². The highest BCUT2D eigenvalue weighted by molar-refractivity contribution is 6.42. The molecule has 1 N–H and O–H groups in total. The number of likely N-dealkylation sites (tertiary alicyclic amines) is 1. The highest BCUT2D eigenvalue weighted by Gasteiger charge is 2.21. The number of rotatable bonds is 6. The molecule has 2 rings (SSSR count). The monoisotopic (exact) mass is 330 g/mol. The number of piperidine rings is 1. The molecule has 1 aliphatic heterocycles. The fourth-order valence-corrected chi connectivity index (χ4v) is 3.40. The fourth-order valence-electron chi connectivity index (χ4n) is 2.97. The van der Waals surface area contributed by atoms with Gasteiger partial charge in [-0.2, -0.15) is 0 Å². The molecule has 1 fully saturated rings. The van der Waals surface area contributed by atoms with Gasteiger partial charge in [0.1, 0.15) is 0 Å². The van der Waals surface area contributed by atoms with E-state index in [0.29, 0.717) is 16.1 Å². The number of ether oxygens (including phenoxy) is 1. The number of nitrogens with one attached hydrogen (secondary N) is 1. The summed E-state index contributed by atoms with van der Waals surface area (Å²) < 4.78 is 5.48. The maximum atomic E-state index is 6.33. The highest BCUT2D eigenvalue weighted by atomic mass is 35.5. The molecule has 1 aromatic rings. The minimum absolute atomic E-state index is 0.221. The van der Waals surface area contributed by atoms with Crippen LogP contribution in [0.25, 0.3) is 0 Å². The lowest BCUT2D eigenvalue weighted by Gasteiger charge is -2.33. The number of halogens is 2. The van der Waals surface area contributed by atoms with Crippen LogP contribution in [0.5, 0.6) is 0 Å². The molecule has 0 saturated carbocycles. The number of nitrogens with zero attached hydrogens (tertiary/aromatic N) is 1. The van der Waals surface area contributed by atoms with E-state index in [1.165, 1.54) is 12.8 Å². The van der Waals surface area contributed by atoms with Crippen molar-refractivity contribution < 1.29 is 4.74 Å². The zero-order valence-corrected chi connectivity index (χ0v) is 14.3. The van der Waals surface area contributed by atoms with E-state index in [4.69, 9.17) is 27.9 Å². The Morgan fingerprint density at radius 1 is 1.43 bits per heavy atom. The predicted octanol–water partition coefficient (Wildman–Crippen LogP) is 3.75. The lowest BCUT2D eigenvalue weighted by Crippen LogP contribution is -2.40. The Bertz CT molecular complexity index is 456. The molecule has 0 spiro atoms. The molecule has 2 atom stereocenters. The van der Waals surface area contributed by atoms with Gasteiger partial charge in [0.05, 0.1) is 16.1 Å². The van der Waals surface area contributed by atoms with Gasteiger partial charge >= 0.3 is 0 Å². The van der Waals surface area contributed by atoms with Crippen LogP contribution in [-0.2, 0) is 4.74 Å². The van der Waals surface area contributed by atoms with Gasteiger partial charge in [0.15, 0.2) is 0 Å². The van der Waals surface area contributed by atoms with Crippen LogP contribution in [0.3, 0.4) is 0 Å². The van der Waals surface area contributed by atoms with Crippen LogP contribution in [0, 0.1) is 0 Å². The molecule has 21 heavy (non-hydrogen) atoms. The van der Waals surface area contributed by atoms with Gasteiger partial charge in [-0.05, 0) is 44.5 Å². The Hall–Kier alpha value is -0.320. The van der Waals surface area contributed by atoms with Gasteiger partial charge in [-0.1, -0.05) is 35.3 Å². The second-order valence-electron chi connectivity index (χ2n) is 5.57. The summed E-state index contributed by atoms with van der Waals surface area (Å²) in [6.07, 6.45) is 3.76. The second kappa shape index (κ2) is 8.35. The molecular weight excluding hydrogens is 307 g/mol. The van der Waals surface area contributed by atoms with Crippen LogP contribution in [0.1, 0.15) is 30.9 Å². The molecule has 1 saturated heterocycles. The van der Waals surface area contributed by atoms with E-state index < -0.39 is 0 Å². The Balaban J connectivity index is 1.95. The van der Waals surface area contributed by atoms with Crippen molar-refractivity contribution in [1.82, 2.24) is 10.2 Å². The molecule has 3 nitrogen and oxygen atoms in total. The van der Waals surface area contributed by atoms with E-state index in [1.54, 1.807) is 7.11 Å². The van der Waals surface area contributed by atoms with E-state index in [9.17, 15) is 0 Å². The van der Waals surface area contributed by atoms with Crippen LogP contribution >= 0.6 is 23.2 Å². The molecule has 0 radical (unpaired) electrons. The maximum absolute atomic E-state index is 6.33. The van der Waals surface area contributed by atoms with Crippen molar-refractivity contribution in [2.45, 2.75) is 31.4 Å². The number of benzene rings is 1. The summed E-state index contributed by atoms with van der Waals surface area (Å²) >= 11 is 12.4. The number of hydrogen-bond donors (Lipinski definition) is 1. The van der Waals surface area contributed by atoms with Crippen LogP contribution in [-0.4, -0.2) is 44.8 Å². The first-order valence-corrected chi connectivity index (χ1v) is 8.27.